The molecule has 0 radical (unpaired) electrons. The third-order valence-electron chi connectivity index (χ3n) is 3.99. The number of anilines is 2. The first-order chi connectivity index (χ1) is 13.5. The van der Waals surface area contributed by atoms with Crippen LogP contribution in [0, 0.1) is 6.92 Å². The summed E-state index contributed by atoms with van der Waals surface area (Å²) in [5, 5.41) is 6.25. The number of rotatable bonds is 6. The number of methoxy groups -OCH3 is 1. The lowest BCUT2D eigenvalue weighted by atomic mass is 10.1. The number of hydrogen-bond donors (Lipinski definition) is 2. The Hall–Kier alpha value is -2.84. The summed E-state index contributed by atoms with van der Waals surface area (Å²) in [6.07, 6.45) is -0.598. The van der Waals surface area contributed by atoms with Gasteiger partial charge in [-0.1, -0.05) is 22.0 Å². The number of amides is 2. The quantitative estimate of drug-likeness (QED) is 0.522. The molecule has 1 aromatic heterocycles. The van der Waals surface area contributed by atoms with Crippen molar-refractivity contribution in [1.29, 1.82) is 0 Å². The Morgan fingerprint density at radius 3 is 2.57 bits per heavy atom. The lowest BCUT2D eigenvalue weighted by Crippen LogP contribution is -2.17. The number of carbonyl (C=O) groups is 2. The molecule has 8 heteroatoms. The third-order valence-corrected chi connectivity index (χ3v) is 4.49. The minimum atomic E-state index is -0.598. The Bertz CT molecular complexity index is 1010. The van der Waals surface area contributed by atoms with Gasteiger partial charge in [-0.05, 0) is 43.3 Å². The molecule has 146 valence electrons. The number of benzene rings is 2. The van der Waals surface area contributed by atoms with Crippen LogP contribution < -0.4 is 10.6 Å². The van der Waals surface area contributed by atoms with Crippen LogP contribution in [0.5, 0.6) is 0 Å². The second-order valence-electron chi connectivity index (χ2n) is 5.99. The van der Waals surface area contributed by atoms with Gasteiger partial charge in [-0.15, -0.1) is 0 Å². The number of ether oxygens (including phenoxy) is 2. The van der Waals surface area contributed by atoms with Gasteiger partial charge < -0.3 is 19.2 Å². The van der Waals surface area contributed by atoms with Crippen LogP contribution in [0.3, 0.4) is 0 Å². The summed E-state index contributed by atoms with van der Waals surface area (Å²) >= 11 is 3.42. The molecule has 28 heavy (non-hydrogen) atoms. The van der Waals surface area contributed by atoms with Crippen molar-refractivity contribution in [3.63, 3.8) is 0 Å². The molecular weight excluding hydrogens is 428 g/mol. The Labute approximate surface area is 170 Å². The van der Waals surface area contributed by atoms with Crippen molar-refractivity contribution in [3.8, 4) is 0 Å². The van der Waals surface area contributed by atoms with Gasteiger partial charge in [-0.2, -0.15) is 0 Å². The lowest BCUT2D eigenvalue weighted by molar-refractivity contribution is 0.0997. The number of furan rings is 1. The summed E-state index contributed by atoms with van der Waals surface area (Å²) in [5.41, 5.74) is 2.40. The molecule has 0 spiro atoms. The van der Waals surface area contributed by atoms with Gasteiger partial charge in [0.05, 0.1) is 6.61 Å². The van der Waals surface area contributed by atoms with E-state index in [0.29, 0.717) is 23.6 Å². The minimum Gasteiger partial charge on any atom is -0.451 e. The van der Waals surface area contributed by atoms with E-state index in [1.807, 2.05) is 25.1 Å². The molecule has 0 saturated carbocycles. The highest BCUT2D eigenvalue weighted by molar-refractivity contribution is 9.10. The molecule has 1 heterocycles. The maximum atomic E-state index is 12.7. The van der Waals surface area contributed by atoms with Gasteiger partial charge in [0.15, 0.2) is 5.76 Å². The van der Waals surface area contributed by atoms with Gasteiger partial charge in [-0.25, -0.2) is 4.79 Å². The molecular formula is C20H19BrN2O5. The molecule has 2 aromatic carbocycles. The Morgan fingerprint density at radius 2 is 1.82 bits per heavy atom. The van der Waals surface area contributed by atoms with Gasteiger partial charge in [0.1, 0.15) is 12.2 Å². The predicted molar refractivity (Wildman–Crippen MR) is 110 cm³/mol. The predicted octanol–water partition coefficient (Wildman–Crippen LogP) is 4.95. The fourth-order valence-electron chi connectivity index (χ4n) is 2.64. The standard InChI is InChI=1S/C20H19BrN2O5/c1-12-16-10-13(21)6-7-17(16)28-18(12)19(24)22-14-4-3-5-15(11-14)23-20(25)27-9-8-26-2/h3-7,10-11H,8-9H2,1-2H3,(H,22,24)(H,23,25). The van der Waals surface area contributed by atoms with E-state index >= 15 is 0 Å². The zero-order chi connectivity index (χ0) is 20.1. The van der Waals surface area contributed by atoms with Crippen LogP contribution in [0.2, 0.25) is 0 Å². The molecule has 3 rings (SSSR count). The molecule has 0 saturated heterocycles. The molecule has 0 aliphatic heterocycles. The van der Waals surface area contributed by atoms with Crippen LogP contribution in [0.4, 0.5) is 16.2 Å². The van der Waals surface area contributed by atoms with Crippen LogP contribution in [0.1, 0.15) is 16.1 Å². The monoisotopic (exact) mass is 446 g/mol. The van der Waals surface area contributed by atoms with Crippen LogP contribution in [-0.4, -0.2) is 32.3 Å². The SMILES string of the molecule is COCCOC(=O)Nc1cccc(NC(=O)c2oc3ccc(Br)cc3c2C)c1. The first-order valence-electron chi connectivity index (χ1n) is 8.50. The van der Waals surface area contributed by atoms with E-state index in [2.05, 4.69) is 26.6 Å². The number of halogens is 1. The van der Waals surface area contributed by atoms with Crippen molar-refractivity contribution in [3.05, 3.63) is 58.3 Å². The number of aryl methyl sites for hydroxylation is 1. The lowest BCUT2D eigenvalue weighted by Gasteiger charge is -2.09. The molecule has 0 bridgehead atoms. The topological polar surface area (TPSA) is 89.8 Å². The van der Waals surface area contributed by atoms with E-state index in [4.69, 9.17) is 13.9 Å². The van der Waals surface area contributed by atoms with E-state index in [1.165, 1.54) is 7.11 Å². The van der Waals surface area contributed by atoms with Gasteiger partial charge >= 0.3 is 6.09 Å². The average Bonchev–Trinajstić information content (AvgIpc) is 2.98. The first kappa shape index (κ1) is 19.9. The van der Waals surface area contributed by atoms with E-state index in [0.717, 1.165) is 15.4 Å². The molecule has 0 fully saturated rings. The number of carbonyl (C=O) groups excluding carboxylic acids is 2. The van der Waals surface area contributed by atoms with Crippen molar-refractivity contribution in [2.24, 2.45) is 0 Å². The van der Waals surface area contributed by atoms with Crippen molar-refractivity contribution in [2.45, 2.75) is 6.92 Å². The van der Waals surface area contributed by atoms with Crippen molar-refractivity contribution in [2.75, 3.05) is 31.0 Å². The van der Waals surface area contributed by atoms with Crippen LogP contribution in [0.15, 0.2) is 51.4 Å². The molecule has 2 amide bonds. The van der Waals surface area contributed by atoms with Crippen molar-refractivity contribution in [1.82, 2.24) is 0 Å². The van der Waals surface area contributed by atoms with E-state index in [-0.39, 0.29) is 18.3 Å². The van der Waals surface area contributed by atoms with E-state index in [1.54, 1.807) is 24.3 Å². The zero-order valence-electron chi connectivity index (χ0n) is 15.4. The summed E-state index contributed by atoms with van der Waals surface area (Å²) in [4.78, 5) is 24.4. The first-order valence-corrected chi connectivity index (χ1v) is 9.30. The number of fused-ring (bicyclic) bond motifs is 1. The van der Waals surface area contributed by atoms with E-state index < -0.39 is 6.09 Å². The molecule has 0 aliphatic rings. The smallest absolute Gasteiger partial charge is 0.411 e. The van der Waals surface area contributed by atoms with Crippen molar-refractivity contribution < 1.29 is 23.5 Å². The van der Waals surface area contributed by atoms with Crippen LogP contribution in [0.25, 0.3) is 11.0 Å². The van der Waals surface area contributed by atoms with Crippen LogP contribution in [-0.2, 0) is 9.47 Å². The summed E-state index contributed by atoms with van der Waals surface area (Å²) in [7, 11) is 1.52. The molecule has 7 nitrogen and oxygen atoms in total. The van der Waals surface area contributed by atoms with Gasteiger partial charge in [0.25, 0.3) is 5.91 Å². The average molecular weight is 447 g/mol. The van der Waals surface area contributed by atoms with Gasteiger partial charge in [-0.3, -0.25) is 10.1 Å². The van der Waals surface area contributed by atoms with Gasteiger partial charge in [0, 0.05) is 33.9 Å². The highest BCUT2D eigenvalue weighted by Crippen LogP contribution is 2.28. The highest BCUT2D eigenvalue weighted by Gasteiger charge is 2.18. The van der Waals surface area contributed by atoms with Gasteiger partial charge in [0.2, 0.25) is 0 Å². The molecule has 0 unspecified atom stereocenters. The molecule has 0 aliphatic carbocycles. The molecule has 2 N–H and O–H groups in total. The maximum absolute atomic E-state index is 12.7. The largest absolute Gasteiger partial charge is 0.451 e. The van der Waals surface area contributed by atoms with Crippen molar-refractivity contribution >= 4 is 50.3 Å². The Kier molecular flexibility index (Phi) is 6.33. The minimum absolute atomic E-state index is 0.153. The normalized spacial score (nSPS) is 10.7. The zero-order valence-corrected chi connectivity index (χ0v) is 17.0. The summed E-state index contributed by atoms with van der Waals surface area (Å²) in [6, 6.07) is 12.3. The summed E-state index contributed by atoms with van der Waals surface area (Å²) in [6.45, 7) is 2.30. The van der Waals surface area contributed by atoms with E-state index in [9.17, 15) is 9.59 Å². The Balaban J connectivity index is 1.71. The van der Waals surface area contributed by atoms with Crippen LogP contribution >= 0.6 is 15.9 Å². The third kappa shape index (κ3) is 4.71. The second-order valence-corrected chi connectivity index (χ2v) is 6.90. The number of hydrogen-bond acceptors (Lipinski definition) is 5. The fraction of sp³-hybridized carbons (Fsp3) is 0.200. The molecule has 0 atom stereocenters. The summed E-state index contributed by atoms with van der Waals surface area (Å²) < 4.78 is 16.4. The fourth-order valence-corrected chi connectivity index (χ4v) is 3.01. The Morgan fingerprint density at radius 1 is 1.07 bits per heavy atom. The highest BCUT2D eigenvalue weighted by atomic mass is 79.9. The maximum Gasteiger partial charge on any atom is 0.411 e. The summed E-state index contributed by atoms with van der Waals surface area (Å²) in [5.74, 6) is -0.130. The second kappa shape index (κ2) is 8.90. The molecule has 3 aromatic rings. The number of nitrogens with one attached hydrogen (secondary N) is 2.